The van der Waals surface area contributed by atoms with Crippen LogP contribution in [0.25, 0.3) is 0 Å². The molecule has 0 spiro atoms. The Morgan fingerprint density at radius 3 is 2.42 bits per heavy atom. The molecule has 26 heavy (non-hydrogen) atoms. The lowest BCUT2D eigenvalue weighted by Crippen LogP contribution is -2.53. The van der Waals surface area contributed by atoms with Crippen LogP contribution in [-0.4, -0.2) is 56.4 Å². The number of urea groups is 1. The molecule has 0 aromatic heterocycles. The van der Waals surface area contributed by atoms with Gasteiger partial charge in [0, 0.05) is 31.9 Å². The van der Waals surface area contributed by atoms with E-state index in [0.29, 0.717) is 26.2 Å². The molecule has 1 atom stereocenters. The third-order valence-electron chi connectivity index (χ3n) is 4.74. The molecule has 6 nitrogen and oxygen atoms in total. The number of carbonyl (C=O) groups is 1. The van der Waals surface area contributed by atoms with Crippen LogP contribution in [0.3, 0.4) is 0 Å². The van der Waals surface area contributed by atoms with Crippen LogP contribution in [0, 0.1) is 0 Å². The fourth-order valence-corrected chi connectivity index (χ4v) is 3.28. The zero-order chi connectivity index (χ0) is 17.8. The second-order valence-electron chi connectivity index (χ2n) is 6.49. The number of fused-ring (bicyclic) bond motifs is 1. The van der Waals surface area contributed by atoms with Crippen LogP contribution in [0.1, 0.15) is 0 Å². The SMILES string of the molecule is O=C(NCC1COc2ccccc2O1)N1CCN(c2ccccc2)CC1. The van der Waals surface area contributed by atoms with E-state index in [2.05, 4.69) is 22.3 Å². The van der Waals surface area contributed by atoms with Gasteiger partial charge in [-0.3, -0.25) is 0 Å². The van der Waals surface area contributed by atoms with E-state index in [9.17, 15) is 4.79 Å². The van der Waals surface area contributed by atoms with Gasteiger partial charge in [0.15, 0.2) is 17.6 Å². The number of nitrogens with zero attached hydrogens (tertiary/aromatic N) is 2. The van der Waals surface area contributed by atoms with Crippen molar-refractivity contribution in [1.82, 2.24) is 10.2 Å². The average molecular weight is 353 g/mol. The normalized spacial score (nSPS) is 19.2. The predicted molar refractivity (Wildman–Crippen MR) is 100.0 cm³/mol. The first-order valence-corrected chi connectivity index (χ1v) is 9.01. The number of nitrogens with one attached hydrogen (secondary N) is 1. The Bertz CT molecular complexity index is 745. The maximum atomic E-state index is 12.4. The highest BCUT2D eigenvalue weighted by molar-refractivity contribution is 5.74. The molecule has 6 heteroatoms. The molecule has 2 amide bonds. The topological polar surface area (TPSA) is 54.0 Å². The van der Waals surface area contributed by atoms with Crippen molar-refractivity contribution in [2.45, 2.75) is 6.10 Å². The van der Waals surface area contributed by atoms with Crippen LogP contribution in [0.4, 0.5) is 10.5 Å². The number of rotatable bonds is 3. The van der Waals surface area contributed by atoms with Crippen molar-refractivity contribution in [3.05, 3.63) is 54.6 Å². The number of anilines is 1. The van der Waals surface area contributed by atoms with Crippen molar-refractivity contribution in [3.63, 3.8) is 0 Å². The van der Waals surface area contributed by atoms with E-state index in [-0.39, 0.29) is 12.1 Å². The lowest BCUT2D eigenvalue weighted by molar-refractivity contribution is 0.0900. The summed E-state index contributed by atoms with van der Waals surface area (Å²) in [6.45, 7) is 3.99. The second kappa shape index (κ2) is 7.56. The van der Waals surface area contributed by atoms with Crippen LogP contribution < -0.4 is 19.7 Å². The Morgan fingerprint density at radius 1 is 0.962 bits per heavy atom. The van der Waals surface area contributed by atoms with Crippen molar-refractivity contribution in [2.75, 3.05) is 44.2 Å². The van der Waals surface area contributed by atoms with Gasteiger partial charge in [0.05, 0.1) is 6.54 Å². The Balaban J connectivity index is 1.24. The number of ether oxygens (including phenoxy) is 2. The first kappa shape index (κ1) is 16.6. The fraction of sp³-hybridized carbons (Fsp3) is 0.350. The number of carbonyl (C=O) groups excluding carboxylic acids is 1. The molecule has 0 bridgehead atoms. The molecule has 2 heterocycles. The molecule has 4 rings (SSSR count). The highest BCUT2D eigenvalue weighted by Gasteiger charge is 2.24. The third-order valence-corrected chi connectivity index (χ3v) is 4.74. The van der Waals surface area contributed by atoms with Crippen molar-refractivity contribution < 1.29 is 14.3 Å². The van der Waals surface area contributed by atoms with E-state index in [1.807, 2.05) is 47.4 Å². The molecular weight excluding hydrogens is 330 g/mol. The van der Waals surface area contributed by atoms with Gasteiger partial charge in [-0.1, -0.05) is 30.3 Å². The van der Waals surface area contributed by atoms with Crippen LogP contribution >= 0.6 is 0 Å². The summed E-state index contributed by atoms with van der Waals surface area (Å²) in [6.07, 6.45) is -0.167. The van der Waals surface area contributed by atoms with Gasteiger partial charge in [0.2, 0.25) is 0 Å². The first-order valence-electron chi connectivity index (χ1n) is 9.01. The van der Waals surface area contributed by atoms with Gasteiger partial charge in [-0.25, -0.2) is 4.79 Å². The number of hydrogen-bond acceptors (Lipinski definition) is 4. The summed E-state index contributed by atoms with van der Waals surface area (Å²) in [5.74, 6) is 1.49. The minimum atomic E-state index is -0.167. The summed E-state index contributed by atoms with van der Waals surface area (Å²) in [5, 5.41) is 2.97. The Hall–Kier alpha value is -2.89. The largest absolute Gasteiger partial charge is 0.486 e. The highest BCUT2D eigenvalue weighted by Crippen LogP contribution is 2.30. The van der Waals surface area contributed by atoms with Gasteiger partial charge in [-0.05, 0) is 24.3 Å². The molecule has 0 saturated carbocycles. The van der Waals surface area contributed by atoms with Crippen LogP contribution in [0.15, 0.2) is 54.6 Å². The standard InChI is InChI=1S/C20H23N3O3/c24-20(21-14-17-15-25-18-8-4-5-9-19(18)26-17)23-12-10-22(11-13-23)16-6-2-1-3-7-16/h1-9,17H,10-15H2,(H,21,24). The Kier molecular flexibility index (Phi) is 4.82. The minimum absolute atomic E-state index is 0.0415. The quantitative estimate of drug-likeness (QED) is 0.920. The number of hydrogen-bond donors (Lipinski definition) is 1. The van der Waals surface area contributed by atoms with Crippen LogP contribution in [0.5, 0.6) is 11.5 Å². The third kappa shape index (κ3) is 3.69. The molecule has 1 unspecified atom stereocenters. The molecule has 2 aromatic rings. The average Bonchev–Trinajstić information content (AvgIpc) is 2.72. The molecule has 2 aliphatic rings. The maximum absolute atomic E-state index is 12.4. The van der Waals surface area contributed by atoms with Crippen molar-refractivity contribution in [2.24, 2.45) is 0 Å². The summed E-state index contributed by atoms with van der Waals surface area (Å²) in [7, 11) is 0. The Labute approximate surface area is 153 Å². The van der Waals surface area contributed by atoms with E-state index in [1.54, 1.807) is 0 Å². The van der Waals surface area contributed by atoms with Crippen molar-refractivity contribution in [1.29, 1.82) is 0 Å². The molecule has 0 aliphatic carbocycles. The Morgan fingerprint density at radius 2 is 1.65 bits per heavy atom. The summed E-state index contributed by atoms with van der Waals surface area (Å²) in [6, 6.07) is 17.9. The molecule has 1 fully saturated rings. The lowest BCUT2D eigenvalue weighted by Gasteiger charge is -2.36. The van der Waals surface area contributed by atoms with E-state index in [0.717, 1.165) is 24.6 Å². The number of amides is 2. The molecular formula is C20H23N3O3. The second-order valence-corrected chi connectivity index (χ2v) is 6.49. The smallest absolute Gasteiger partial charge is 0.317 e. The highest BCUT2D eigenvalue weighted by atomic mass is 16.6. The molecule has 1 N–H and O–H groups in total. The van der Waals surface area contributed by atoms with Crippen molar-refractivity contribution >= 4 is 11.7 Å². The number of para-hydroxylation sites is 3. The summed E-state index contributed by atoms with van der Waals surface area (Å²) < 4.78 is 11.6. The van der Waals surface area contributed by atoms with E-state index >= 15 is 0 Å². The molecule has 2 aliphatic heterocycles. The number of piperazine rings is 1. The number of benzene rings is 2. The molecule has 0 radical (unpaired) electrons. The van der Waals surface area contributed by atoms with Crippen LogP contribution in [-0.2, 0) is 0 Å². The van der Waals surface area contributed by atoms with E-state index in [1.165, 1.54) is 5.69 Å². The van der Waals surface area contributed by atoms with E-state index < -0.39 is 0 Å². The summed E-state index contributed by atoms with van der Waals surface area (Å²) in [5.41, 5.74) is 1.21. The van der Waals surface area contributed by atoms with Crippen molar-refractivity contribution in [3.8, 4) is 11.5 Å². The monoisotopic (exact) mass is 353 g/mol. The van der Waals surface area contributed by atoms with Gasteiger partial charge in [-0.15, -0.1) is 0 Å². The molecule has 1 saturated heterocycles. The first-order chi connectivity index (χ1) is 12.8. The summed E-state index contributed by atoms with van der Waals surface area (Å²) >= 11 is 0. The zero-order valence-electron chi connectivity index (χ0n) is 14.6. The lowest BCUT2D eigenvalue weighted by atomic mass is 10.2. The molecule has 2 aromatic carbocycles. The van der Waals surface area contributed by atoms with Crippen LogP contribution in [0.2, 0.25) is 0 Å². The minimum Gasteiger partial charge on any atom is -0.486 e. The van der Waals surface area contributed by atoms with Gasteiger partial charge in [-0.2, -0.15) is 0 Å². The van der Waals surface area contributed by atoms with Gasteiger partial charge < -0.3 is 24.6 Å². The van der Waals surface area contributed by atoms with Gasteiger partial charge in [0.1, 0.15) is 6.61 Å². The maximum Gasteiger partial charge on any atom is 0.317 e. The molecule has 136 valence electrons. The summed E-state index contributed by atoms with van der Waals surface area (Å²) in [4.78, 5) is 16.6. The zero-order valence-corrected chi connectivity index (χ0v) is 14.6. The van der Waals surface area contributed by atoms with Gasteiger partial charge >= 0.3 is 6.03 Å². The predicted octanol–water partition coefficient (Wildman–Crippen LogP) is 2.36. The van der Waals surface area contributed by atoms with E-state index in [4.69, 9.17) is 9.47 Å². The fourth-order valence-electron chi connectivity index (χ4n) is 3.28. The van der Waals surface area contributed by atoms with Gasteiger partial charge in [0.25, 0.3) is 0 Å².